The first-order valence-electron chi connectivity index (χ1n) is 12.7. The standard InChI is InChI=1S/C28H32N4O5/c1-3-15-37-21-8-6-7-20(18-21)25-23(26(33)24-19(2)29-22-9-4-5-10-31(22)24)27(34)28(35)32(25)12-11-30-13-16-36-17-14-30/h4-10,18,25,33H,3,11-17H2,1-2H3. The Morgan fingerprint density at radius 2 is 1.95 bits per heavy atom. The number of aliphatic hydroxyl groups is 1. The van der Waals surface area contributed by atoms with Crippen LogP contribution >= 0.6 is 0 Å². The van der Waals surface area contributed by atoms with E-state index in [1.54, 1.807) is 22.4 Å². The molecular formula is C28H32N4O5. The molecule has 1 N–H and O–H groups in total. The van der Waals surface area contributed by atoms with Gasteiger partial charge in [-0.2, -0.15) is 0 Å². The van der Waals surface area contributed by atoms with Gasteiger partial charge < -0.3 is 19.5 Å². The van der Waals surface area contributed by atoms with E-state index >= 15 is 0 Å². The molecule has 2 aliphatic heterocycles. The molecule has 2 aromatic heterocycles. The van der Waals surface area contributed by atoms with Gasteiger partial charge in [-0.15, -0.1) is 0 Å². The Morgan fingerprint density at radius 1 is 1.14 bits per heavy atom. The number of likely N-dealkylation sites (tertiary alicyclic amines) is 1. The van der Waals surface area contributed by atoms with Gasteiger partial charge in [0, 0.05) is 32.4 Å². The lowest BCUT2D eigenvalue weighted by molar-refractivity contribution is -0.140. The fourth-order valence-electron chi connectivity index (χ4n) is 5.05. The number of imidazole rings is 1. The van der Waals surface area contributed by atoms with Crippen LogP contribution in [0.5, 0.6) is 5.75 Å². The number of benzene rings is 1. The molecule has 3 aromatic rings. The molecule has 9 heteroatoms. The molecule has 0 radical (unpaired) electrons. The number of carbonyl (C=O) groups is 2. The maximum atomic E-state index is 13.5. The summed E-state index contributed by atoms with van der Waals surface area (Å²) in [6.07, 6.45) is 2.64. The van der Waals surface area contributed by atoms with E-state index in [-0.39, 0.29) is 11.3 Å². The number of ether oxygens (including phenoxy) is 2. The Labute approximate surface area is 215 Å². The molecule has 2 aliphatic rings. The third kappa shape index (κ3) is 4.84. The molecule has 0 spiro atoms. The zero-order chi connectivity index (χ0) is 25.9. The van der Waals surface area contributed by atoms with Crippen molar-refractivity contribution in [2.45, 2.75) is 26.3 Å². The third-order valence-corrected chi connectivity index (χ3v) is 6.88. The number of hydrogen-bond acceptors (Lipinski definition) is 7. The number of aromatic nitrogens is 2. The van der Waals surface area contributed by atoms with Gasteiger partial charge >= 0.3 is 0 Å². The van der Waals surface area contributed by atoms with Crippen molar-refractivity contribution < 1.29 is 24.2 Å². The fraction of sp³-hybridized carbons (Fsp3) is 0.393. The monoisotopic (exact) mass is 504 g/mol. The molecular weight excluding hydrogens is 472 g/mol. The van der Waals surface area contributed by atoms with Crippen LogP contribution in [-0.2, 0) is 14.3 Å². The van der Waals surface area contributed by atoms with Gasteiger partial charge in [-0.25, -0.2) is 4.98 Å². The molecule has 0 saturated carbocycles. The van der Waals surface area contributed by atoms with E-state index in [9.17, 15) is 14.7 Å². The molecule has 0 bridgehead atoms. The zero-order valence-electron chi connectivity index (χ0n) is 21.2. The quantitative estimate of drug-likeness (QED) is 0.286. The number of nitrogens with zero attached hydrogens (tertiary/aromatic N) is 4. The number of hydrogen-bond donors (Lipinski definition) is 1. The number of aryl methyl sites for hydroxylation is 1. The molecule has 194 valence electrons. The van der Waals surface area contributed by atoms with Crippen molar-refractivity contribution in [3.8, 4) is 5.75 Å². The summed E-state index contributed by atoms with van der Waals surface area (Å²) in [5.41, 5.74) is 2.40. The van der Waals surface area contributed by atoms with Crippen LogP contribution in [0, 0.1) is 6.92 Å². The molecule has 0 aliphatic carbocycles. The molecule has 37 heavy (non-hydrogen) atoms. The Hall–Kier alpha value is -3.69. The SMILES string of the molecule is CCCOc1cccc(C2C(=C(O)c3c(C)nc4ccccn34)C(=O)C(=O)N2CCN2CCOCC2)c1. The van der Waals surface area contributed by atoms with E-state index in [0.29, 0.717) is 61.3 Å². The minimum atomic E-state index is -0.750. The van der Waals surface area contributed by atoms with Crippen molar-refractivity contribution in [1.82, 2.24) is 19.2 Å². The average molecular weight is 505 g/mol. The molecule has 1 aromatic carbocycles. The maximum Gasteiger partial charge on any atom is 0.295 e. The lowest BCUT2D eigenvalue weighted by Crippen LogP contribution is -2.42. The third-order valence-electron chi connectivity index (χ3n) is 6.88. The molecule has 2 fully saturated rings. The average Bonchev–Trinajstić information content (AvgIpc) is 3.39. The first-order chi connectivity index (χ1) is 18.0. The van der Waals surface area contributed by atoms with Crippen LogP contribution < -0.4 is 4.74 Å². The number of fused-ring (bicyclic) bond motifs is 1. The van der Waals surface area contributed by atoms with Crippen LogP contribution in [0.15, 0.2) is 54.2 Å². The predicted molar refractivity (Wildman–Crippen MR) is 138 cm³/mol. The smallest absolute Gasteiger partial charge is 0.295 e. The van der Waals surface area contributed by atoms with Crippen LogP contribution in [-0.4, -0.2) is 82.0 Å². The summed E-state index contributed by atoms with van der Waals surface area (Å²) in [5, 5.41) is 11.6. The van der Waals surface area contributed by atoms with Gasteiger partial charge in [0.2, 0.25) is 0 Å². The maximum absolute atomic E-state index is 13.5. The molecule has 1 amide bonds. The lowest BCUT2D eigenvalue weighted by atomic mass is 9.96. The van der Waals surface area contributed by atoms with Crippen molar-refractivity contribution in [3.05, 3.63) is 71.2 Å². The van der Waals surface area contributed by atoms with E-state index in [1.807, 2.05) is 49.4 Å². The second kappa shape index (κ2) is 10.7. The normalized spacial score (nSPS) is 20.2. The Morgan fingerprint density at radius 3 is 2.73 bits per heavy atom. The van der Waals surface area contributed by atoms with Gasteiger partial charge in [-0.05, 0) is 43.2 Å². The van der Waals surface area contributed by atoms with Gasteiger partial charge in [0.25, 0.3) is 11.7 Å². The van der Waals surface area contributed by atoms with E-state index in [4.69, 9.17) is 9.47 Å². The van der Waals surface area contributed by atoms with Crippen LogP contribution in [0.2, 0.25) is 0 Å². The largest absolute Gasteiger partial charge is 0.505 e. The minimum absolute atomic E-state index is 0.0633. The number of morpholine rings is 1. The van der Waals surface area contributed by atoms with Crippen LogP contribution in [0.25, 0.3) is 11.4 Å². The summed E-state index contributed by atoms with van der Waals surface area (Å²) in [5.74, 6) is -0.891. The summed E-state index contributed by atoms with van der Waals surface area (Å²) in [7, 11) is 0. The Balaban J connectivity index is 1.60. The van der Waals surface area contributed by atoms with Crippen molar-refractivity contribution in [2.75, 3.05) is 46.0 Å². The van der Waals surface area contributed by atoms with Gasteiger partial charge in [0.1, 0.15) is 17.1 Å². The van der Waals surface area contributed by atoms with Crippen molar-refractivity contribution >= 4 is 23.1 Å². The molecule has 1 unspecified atom stereocenters. The van der Waals surface area contributed by atoms with E-state index in [2.05, 4.69) is 9.88 Å². The first-order valence-corrected chi connectivity index (χ1v) is 12.7. The fourth-order valence-corrected chi connectivity index (χ4v) is 5.05. The summed E-state index contributed by atoms with van der Waals surface area (Å²) in [6, 6.07) is 12.2. The van der Waals surface area contributed by atoms with E-state index in [1.165, 1.54) is 0 Å². The topological polar surface area (TPSA) is 96.6 Å². The first kappa shape index (κ1) is 25.0. The number of Topliss-reactive ketones (excluding diaryl/α,β-unsaturated/α-hetero) is 1. The molecule has 2 saturated heterocycles. The zero-order valence-corrected chi connectivity index (χ0v) is 21.2. The molecule has 9 nitrogen and oxygen atoms in total. The second-order valence-electron chi connectivity index (χ2n) is 9.34. The van der Waals surface area contributed by atoms with Gasteiger partial charge in [-0.3, -0.25) is 18.9 Å². The highest BCUT2D eigenvalue weighted by molar-refractivity contribution is 6.46. The molecule has 5 rings (SSSR count). The Kier molecular flexibility index (Phi) is 7.25. The van der Waals surface area contributed by atoms with Crippen LogP contribution in [0.4, 0.5) is 0 Å². The molecule has 4 heterocycles. The van der Waals surface area contributed by atoms with Crippen LogP contribution in [0.3, 0.4) is 0 Å². The number of carbonyl (C=O) groups excluding carboxylic acids is 2. The number of ketones is 1. The van der Waals surface area contributed by atoms with Crippen molar-refractivity contribution in [3.63, 3.8) is 0 Å². The number of aliphatic hydroxyl groups excluding tert-OH is 1. The van der Waals surface area contributed by atoms with Crippen LogP contribution in [0.1, 0.15) is 36.3 Å². The van der Waals surface area contributed by atoms with Gasteiger partial charge in [0.05, 0.1) is 37.1 Å². The summed E-state index contributed by atoms with van der Waals surface area (Å²) < 4.78 is 13.0. The van der Waals surface area contributed by atoms with Gasteiger partial charge in [0.15, 0.2) is 5.76 Å². The van der Waals surface area contributed by atoms with E-state index < -0.39 is 17.7 Å². The van der Waals surface area contributed by atoms with Crippen molar-refractivity contribution in [1.29, 1.82) is 0 Å². The highest BCUT2D eigenvalue weighted by Crippen LogP contribution is 2.40. The predicted octanol–water partition coefficient (Wildman–Crippen LogP) is 3.19. The lowest BCUT2D eigenvalue weighted by Gasteiger charge is -2.31. The highest BCUT2D eigenvalue weighted by atomic mass is 16.5. The molecule has 1 atom stereocenters. The second-order valence-corrected chi connectivity index (χ2v) is 9.34. The van der Waals surface area contributed by atoms with E-state index in [0.717, 1.165) is 19.5 Å². The summed E-state index contributed by atoms with van der Waals surface area (Å²) in [4.78, 5) is 35.2. The number of amides is 1. The number of rotatable bonds is 8. The summed E-state index contributed by atoms with van der Waals surface area (Å²) in [6.45, 7) is 8.16. The van der Waals surface area contributed by atoms with Crippen molar-refractivity contribution in [2.24, 2.45) is 0 Å². The highest BCUT2D eigenvalue weighted by Gasteiger charge is 2.46. The summed E-state index contributed by atoms with van der Waals surface area (Å²) >= 11 is 0. The number of pyridine rings is 1. The van der Waals surface area contributed by atoms with Gasteiger partial charge in [-0.1, -0.05) is 25.1 Å². The Bertz CT molecular complexity index is 1340. The minimum Gasteiger partial charge on any atom is -0.505 e.